The van der Waals surface area contributed by atoms with Crippen LogP contribution in [0, 0.1) is 29.6 Å². The van der Waals surface area contributed by atoms with E-state index in [9.17, 15) is 13.2 Å². The van der Waals surface area contributed by atoms with Crippen molar-refractivity contribution in [3.05, 3.63) is 0 Å². The molecule has 4 aliphatic carbocycles. The molecule has 1 nitrogen and oxygen atoms in total. The van der Waals surface area contributed by atoms with Crippen LogP contribution in [0.2, 0.25) is 0 Å². The van der Waals surface area contributed by atoms with Crippen LogP contribution in [-0.2, 0) is 0 Å². The first-order chi connectivity index (χ1) is 9.46. The highest BCUT2D eigenvalue weighted by atomic mass is 19.4. The molecular weight excluding hydrogens is 263 g/mol. The molecule has 0 aliphatic heterocycles. The summed E-state index contributed by atoms with van der Waals surface area (Å²) in [5, 5.41) is 3.38. The van der Waals surface area contributed by atoms with Gasteiger partial charge in [0.2, 0.25) is 0 Å². The summed E-state index contributed by atoms with van der Waals surface area (Å²) in [6, 6.07) is 0.0802. The normalized spacial score (nSPS) is 41.1. The van der Waals surface area contributed by atoms with Crippen LogP contribution in [0.4, 0.5) is 13.2 Å². The Morgan fingerprint density at radius 2 is 1.55 bits per heavy atom. The second kappa shape index (κ2) is 5.51. The van der Waals surface area contributed by atoms with Crippen LogP contribution in [0.3, 0.4) is 0 Å². The number of hydrogen-bond donors (Lipinski definition) is 1. The molecule has 0 radical (unpaired) electrons. The van der Waals surface area contributed by atoms with E-state index < -0.39 is 12.6 Å². The summed E-state index contributed by atoms with van der Waals surface area (Å²) in [5.41, 5.74) is 0. The molecule has 4 heteroatoms. The van der Waals surface area contributed by atoms with E-state index >= 15 is 0 Å². The first kappa shape index (κ1) is 14.7. The lowest BCUT2D eigenvalue weighted by Gasteiger charge is -2.56. The predicted molar refractivity (Wildman–Crippen MR) is 73.3 cm³/mol. The summed E-state index contributed by atoms with van der Waals surface area (Å²) in [5.74, 6) is 3.68. The van der Waals surface area contributed by atoms with Crippen molar-refractivity contribution in [3.8, 4) is 0 Å². The number of halogens is 3. The quantitative estimate of drug-likeness (QED) is 0.792. The fraction of sp³-hybridized carbons (Fsp3) is 1.00. The Bertz CT molecular complexity index is 311. The Kier molecular flexibility index (Phi) is 4.04. The van der Waals surface area contributed by atoms with Crippen LogP contribution in [0.25, 0.3) is 0 Å². The summed E-state index contributed by atoms with van der Waals surface area (Å²) in [6.45, 7) is 2.79. The molecule has 0 saturated heterocycles. The topological polar surface area (TPSA) is 12.0 Å². The van der Waals surface area contributed by atoms with Gasteiger partial charge in [-0.3, -0.25) is 0 Å². The molecule has 0 aromatic carbocycles. The average molecular weight is 289 g/mol. The molecule has 1 unspecified atom stereocenters. The molecule has 0 aromatic rings. The minimum absolute atomic E-state index is 0.0802. The van der Waals surface area contributed by atoms with Gasteiger partial charge in [-0.1, -0.05) is 6.92 Å². The standard InChI is InChI=1S/C16H26F3N/c1-2-20-14(3-4-16(17,18)19)15-12-6-10-5-11(8-12)9-13(15)7-10/h10-15,20H,2-9H2,1H3. The Morgan fingerprint density at radius 1 is 1.00 bits per heavy atom. The van der Waals surface area contributed by atoms with Gasteiger partial charge in [0.05, 0.1) is 0 Å². The summed E-state index contributed by atoms with van der Waals surface area (Å²) >= 11 is 0. The molecule has 1 atom stereocenters. The van der Waals surface area contributed by atoms with Crippen molar-refractivity contribution in [2.45, 2.75) is 64.1 Å². The smallest absolute Gasteiger partial charge is 0.314 e. The van der Waals surface area contributed by atoms with Crippen LogP contribution in [-0.4, -0.2) is 18.8 Å². The Balaban J connectivity index is 1.67. The van der Waals surface area contributed by atoms with Gasteiger partial charge in [-0.2, -0.15) is 13.2 Å². The molecule has 4 bridgehead atoms. The lowest BCUT2D eigenvalue weighted by atomic mass is 9.50. The fourth-order valence-corrected chi connectivity index (χ4v) is 5.64. The zero-order valence-corrected chi connectivity index (χ0v) is 12.3. The molecule has 0 heterocycles. The molecule has 4 saturated carbocycles. The maximum atomic E-state index is 12.6. The highest BCUT2D eigenvalue weighted by Gasteiger charge is 2.50. The van der Waals surface area contributed by atoms with Crippen molar-refractivity contribution in [1.29, 1.82) is 0 Å². The van der Waals surface area contributed by atoms with E-state index in [1.165, 1.54) is 32.1 Å². The molecule has 0 spiro atoms. The van der Waals surface area contributed by atoms with E-state index in [1.807, 2.05) is 6.92 Å². The SMILES string of the molecule is CCNC(CCC(F)(F)F)C1C2CC3CC(C2)CC1C3. The third kappa shape index (κ3) is 3.00. The van der Waals surface area contributed by atoms with Crippen molar-refractivity contribution >= 4 is 0 Å². The van der Waals surface area contributed by atoms with Crippen LogP contribution in [0.5, 0.6) is 0 Å². The monoisotopic (exact) mass is 289 g/mol. The van der Waals surface area contributed by atoms with Crippen molar-refractivity contribution in [2.24, 2.45) is 29.6 Å². The summed E-state index contributed by atoms with van der Waals surface area (Å²) in [4.78, 5) is 0. The lowest BCUT2D eigenvalue weighted by Crippen LogP contribution is -2.53. The number of alkyl halides is 3. The zero-order valence-electron chi connectivity index (χ0n) is 12.3. The van der Waals surface area contributed by atoms with Gasteiger partial charge in [0.25, 0.3) is 0 Å². The minimum atomic E-state index is -4.01. The molecule has 0 aromatic heterocycles. The van der Waals surface area contributed by atoms with Gasteiger partial charge in [0.1, 0.15) is 0 Å². The number of nitrogens with one attached hydrogen (secondary N) is 1. The maximum Gasteiger partial charge on any atom is 0.389 e. The first-order valence-corrected chi connectivity index (χ1v) is 8.26. The zero-order chi connectivity index (χ0) is 14.3. The van der Waals surface area contributed by atoms with Gasteiger partial charge < -0.3 is 5.32 Å². The molecule has 116 valence electrons. The van der Waals surface area contributed by atoms with E-state index in [-0.39, 0.29) is 12.5 Å². The lowest BCUT2D eigenvalue weighted by molar-refractivity contribution is -0.140. The minimum Gasteiger partial charge on any atom is -0.314 e. The predicted octanol–water partition coefficient (Wildman–Crippen LogP) is 4.38. The number of hydrogen-bond acceptors (Lipinski definition) is 1. The largest absolute Gasteiger partial charge is 0.389 e. The van der Waals surface area contributed by atoms with E-state index in [2.05, 4.69) is 5.32 Å². The average Bonchev–Trinajstić information content (AvgIpc) is 2.33. The van der Waals surface area contributed by atoms with E-state index in [0.29, 0.717) is 17.8 Å². The molecular formula is C16H26F3N. The van der Waals surface area contributed by atoms with Crippen molar-refractivity contribution in [1.82, 2.24) is 5.32 Å². The maximum absolute atomic E-state index is 12.6. The Morgan fingerprint density at radius 3 is 2.00 bits per heavy atom. The van der Waals surface area contributed by atoms with Gasteiger partial charge in [0, 0.05) is 12.5 Å². The van der Waals surface area contributed by atoms with Crippen molar-refractivity contribution < 1.29 is 13.2 Å². The highest BCUT2D eigenvalue weighted by molar-refractivity contribution is 5.01. The van der Waals surface area contributed by atoms with E-state index in [4.69, 9.17) is 0 Å². The van der Waals surface area contributed by atoms with Gasteiger partial charge in [-0.25, -0.2) is 0 Å². The first-order valence-electron chi connectivity index (χ1n) is 8.26. The molecule has 1 N–H and O–H groups in total. The van der Waals surface area contributed by atoms with Gasteiger partial charge >= 0.3 is 6.18 Å². The third-order valence-electron chi connectivity index (χ3n) is 5.97. The number of rotatable bonds is 5. The Labute approximate surface area is 119 Å². The van der Waals surface area contributed by atoms with Crippen LogP contribution >= 0.6 is 0 Å². The summed E-state index contributed by atoms with van der Waals surface area (Å²) in [6.07, 6.45) is 2.15. The van der Waals surface area contributed by atoms with Crippen LogP contribution in [0.15, 0.2) is 0 Å². The molecule has 4 aliphatic rings. The second-order valence-electron chi connectivity index (χ2n) is 7.33. The summed E-state index contributed by atoms with van der Waals surface area (Å²) in [7, 11) is 0. The van der Waals surface area contributed by atoms with Crippen LogP contribution < -0.4 is 5.32 Å². The van der Waals surface area contributed by atoms with Gasteiger partial charge in [0.15, 0.2) is 0 Å². The van der Waals surface area contributed by atoms with Gasteiger partial charge in [-0.05, 0) is 74.7 Å². The highest BCUT2D eigenvalue weighted by Crippen LogP contribution is 2.57. The fourth-order valence-electron chi connectivity index (χ4n) is 5.64. The molecule has 4 rings (SSSR count). The van der Waals surface area contributed by atoms with Crippen molar-refractivity contribution in [2.75, 3.05) is 6.54 Å². The van der Waals surface area contributed by atoms with E-state index in [0.717, 1.165) is 18.4 Å². The van der Waals surface area contributed by atoms with E-state index in [1.54, 1.807) is 0 Å². The third-order valence-corrected chi connectivity index (χ3v) is 5.97. The molecule has 4 fully saturated rings. The van der Waals surface area contributed by atoms with Crippen molar-refractivity contribution in [3.63, 3.8) is 0 Å². The molecule has 20 heavy (non-hydrogen) atoms. The Hall–Kier alpha value is -0.250. The second-order valence-corrected chi connectivity index (χ2v) is 7.33. The van der Waals surface area contributed by atoms with Crippen LogP contribution in [0.1, 0.15) is 51.9 Å². The molecule has 0 amide bonds. The van der Waals surface area contributed by atoms with Gasteiger partial charge in [-0.15, -0.1) is 0 Å². The summed E-state index contributed by atoms with van der Waals surface area (Å²) < 4.78 is 37.7.